The third-order valence-electron chi connectivity index (χ3n) is 3.44. The van der Waals surface area contributed by atoms with E-state index in [1.54, 1.807) is 0 Å². The quantitative estimate of drug-likeness (QED) is 0.806. The van der Waals surface area contributed by atoms with Gasteiger partial charge in [-0.15, -0.1) is 0 Å². The van der Waals surface area contributed by atoms with E-state index in [0.29, 0.717) is 0 Å². The highest BCUT2D eigenvalue weighted by Gasteiger charge is 2.15. The zero-order valence-corrected chi connectivity index (χ0v) is 10.4. The average molecular weight is 239 g/mol. The molecule has 0 spiro atoms. The monoisotopic (exact) mass is 239 g/mol. The maximum absolute atomic E-state index is 4.45. The normalized spacial score (nSPS) is 15.7. The molecule has 3 heteroatoms. The third-order valence-corrected chi connectivity index (χ3v) is 3.44. The highest BCUT2D eigenvalue weighted by molar-refractivity contribution is 5.75. The van der Waals surface area contributed by atoms with E-state index in [-0.39, 0.29) is 0 Å². The Bertz CT molecular complexity index is 504. The van der Waals surface area contributed by atoms with Crippen molar-refractivity contribution < 1.29 is 0 Å². The molecule has 0 atom stereocenters. The van der Waals surface area contributed by atoms with Crippen molar-refractivity contribution in [1.82, 2.24) is 9.97 Å². The van der Waals surface area contributed by atoms with Crippen LogP contribution in [0.4, 0.5) is 5.69 Å². The molecule has 1 saturated heterocycles. The molecule has 0 radical (unpaired) electrons. The molecule has 1 aliphatic heterocycles. The molecule has 0 saturated carbocycles. The van der Waals surface area contributed by atoms with Gasteiger partial charge in [-0.25, -0.2) is 0 Å². The van der Waals surface area contributed by atoms with Gasteiger partial charge in [0.05, 0.1) is 17.6 Å². The molecule has 2 aromatic rings. The van der Waals surface area contributed by atoms with Gasteiger partial charge in [-0.3, -0.25) is 9.97 Å². The zero-order chi connectivity index (χ0) is 12.2. The lowest BCUT2D eigenvalue weighted by atomic mass is 10.1. The molecule has 0 bridgehead atoms. The van der Waals surface area contributed by atoms with Gasteiger partial charge in [0.15, 0.2) is 0 Å². The number of hydrogen-bond acceptors (Lipinski definition) is 3. The van der Waals surface area contributed by atoms with Crippen LogP contribution in [0.3, 0.4) is 0 Å². The fourth-order valence-corrected chi connectivity index (χ4v) is 2.51. The fourth-order valence-electron chi connectivity index (χ4n) is 2.51. The molecule has 0 aliphatic carbocycles. The van der Waals surface area contributed by atoms with Crippen molar-refractivity contribution in [2.24, 2.45) is 0 Å². The van der Waals surface area contributed by atoms with Crippen LogP contribution in [-0.2, 0) is 0 Å². The maximum atomic E-state index is 4.45. The molecule has 1 aliphatic rings. The van der Waals surface area contributed by atoms with Crippen molar-refractivity contribution in [3.63, 3.8) is 0 Å². The van der Waals surface area contributed by atoms with E-state index in [2.05, 4.69) is 27.0 Å². The van der Waals surface area contributed by atoms with Crippen molar-refractivity contribution in [2.75, 3.05) is 18.0 Å². The summed E-state index contributed by atoms with van der Waals surface area (Å²) in [5, 5.41) is 0. The van der Waals surface area contributed by atoms with Crippen molar-refractivity contribution in [3.8, 4) is 11.3 Å². The molecule has 1 fully saturated rings. The summed E-state index contributed by atoms with van der Waals surface area (Å²) in [7, 11) is 0. The number of piperidine rings is 1. The van der Waals surface area contributed by atoms with E-state index >= 15 is 0 Å². The Morgan fingerprint density at radius 3 is 2.61 bits per heavy atom. The molecule has 92 valence electrons. The lowest BCUT2D eigenvalue weighted by molar-refractivity contribution is 0.577. The van der Waals surface area contributed by atoms with Gasteiger partial charge in [0.25, 0.3) is 0 Å². The summed E-state index contributed by atoms with van der Waals surface area (Å²) in [6, 6.07) is 8.10. The molecule has 0 unspecified atom stereocenters. The summed E-state index contributed by atoms with van der Waals surface area (Å²) in [5.41, 5.74) is 3.43. The molecule has 3 nitrogen and oxygen atoms in total. The van der Waals surface area contributed by atoms with Crippen LogP contribution in [-0.4, -0.2) is 23.1 Å². The molecule has 0 N–H and O–H groups in total. The Labute approximate surface area is 108 Å². The van der Waals surface area contributed by atoms with Crippen LogP contribution >= 0.6 is 0 Å². The van der Waals surface area contributed by atoms with Gasteiger partial charge in [-0.05, 0) is 37.5 Å². The van der Waals surface area contributed by atoms with Gasteiger partial charge in [0.1, 0.15) is 0 Å². The number of aromatic nitrogens is 2. The molecular weight excluding hydrogens is 222 g/mol. The molecule has 3 rings (SSSR count). The molecule has 0 aromatic carbocycles. The van der Waals surface area contributed by atoms with Gasteiger partial charge in [-0.2, -0.15) is 0 Å². The van der Waals surface area contributed by atoms with E-state index in [1.807, 2.05) is 30.7 Å². The standard InChI is InChI=1S/C15H17N3/c1-4-10-18(11-5-1)15-12-16-9-7-13(15)14-6-2-3-8-17-14/h2-3,6-9,12H,1,4-5,10-11H2. The predicted molar refractivity (Wildman–Crippen MR) is 73.5 cm³/mol. The SMILES string of the molecule is c1ccc(-c2ccncc2N2CCCCC2)nc1. The first-order valence-corrected chi connectivity index (χ1v) is 6.55. The smallest absolute Gasteiger partial charge is 0.0723 e. The number of hydrogen-bond donors (Lipinski definition) is 0. The predicted octanol–water partition coefficient (Wildman–Crippen LogP) is 3.13. The highest BCUT2D eigenvalue weighted by Crippen LogP contribution is 2.30. The Balaban J connectivity index is 1.99. The fraction of sp³-hybridized carbons (Fsp3) is 0.333. The van der Waals surface area contributed by atoms with Gasteiger partial charge in [0.2, 0.25) is 0 Å². The Morgan fingerprint density at radius 2 is 1.83 bits per heavy atom. The van der Waals surface area contributed by atoms with E-state index in [1.165, 1.54) is 30.5 Å². The topological polar surface area (TPSA) is 29.0 Å². The minimum absolute atomic E-state index is 1.03. The van der Waals surface area contributed by atoms with E-state index < -0.39 is 0 Å². The summed E-state index contributed by atoms with van der Waals surface area (Å²) >= 11 is 0. The van der Waals surface area contributed by atoms with Crippen LogP contribution in [0.25, 0.3) is 11.3 Å². The second kappa shape index (κ2) is 5.17. The van der Waals surface area contributed by atoms with E-state index in [9.17, 15) is 0 Å². The maximum Gasteiger partial charge on any atom is 0.0723 e. The Hall–Kier alpha value is -1.90. The van der Waals surface area contributed by atoms with Crippen molar-refractivity contribution >= 4 is 5.69 Å². The van der Waals surface area contributed by atoms with Crippen LogP contribution in [0, 0.1) is 0 Å². The Kier molecular flexibility index (Phi) is 3.22. The summed E-state index contributed by atoms with van der Waals surface area (Å²) in [6.45, 7) is 2.26. The van der Waals surface area contributed by atoms with Crippen LogP contribution in [0.15, 0.2) is 42.9 Å². The van der Waals surface area contributed by atoms with Gasteiger partial charge in [0, 0.05) is 31.0 Å². The van der Waals surface area contributed by atoms with Gasteiger partial charge in [-0.1, -0.05) is 6.07 Å². The summed E-state index contributed by atoms with van der Waals surface area (Å²) < 4.78 is 0. The van der Waals surface area contributed by atoms with E-state index in [4.69, 9.17) is 0 Å². The number of rotatable bonds is 2. The summed E-state index contributed by atoms with van der Waals surface area (Å²) in [6.07, 6.45) is 9.55. The van der Waals surface area contributed by atoms with Gasteiger partial charge < -0.3 is 4.90 Å². The number of pyridine rings is 2. The first kappa shape index (κ1) is 11.2. The summed E-state index contributed by atoms with van der Waals surface area (Å²) in [4.78, 5) is 11.2. The van der Waals surface area contributed by atoms with Crippen LogP contribution in [0.2, 0.25) is 0 Å². The molecule has 3 heterocycles. The van der Waals surface area contributed by atoms with Crippen LogP contribution < -0.4 is 4.90 Å². The van der Waals surface area contributed by atoms with E-state index in [0.717, 1.165) is 18.8 Å². The minimum atomic E-state index is 1.03. The van der Waals surface area contributed by atoms with Crippen LogP contribution in [0.1, 0.15) is 19.3 Å². The molecule has 2 aromatic heterocycles. The largest absolute Gasteiger partial charge is 0.370 e. The van der Waals surface area contributed by atoms with Crippen molar-refractivity contribution in [2.45, 2.75) is 19.3 Å². The first-order chi connectivity index (χ1) is 8.95. The van der Waals surface area contributed by atoms with Crippen molar-refractivity contribution in [1.29, 1.82) is 0 Å². The lowest BCUT2D eigenvalue weighted by Gasteiger charge is -2.30. The first-order valence-electron chi connectivity index (χ1n) is 6.55. The molecule has 0 amide bonds. The average Bonchev–Trinajstić information content (AvgIpc) is 2.49. The number of nitrogens with zero attached hydrogens (tertiary/aromatic N) is 3. The molecular formula is C15H17N3. The summed E-state index contributed by atoms with van der Waals surface area (Å²) in [5.74, 6) is 0. The highest BCUT2D eigenvalue weighted by atomic mass is 15.1. The van der Waals surface area contributed by atoms with Crippen molar-refractivity contribution in [3.05, 3.63) is 42.9 Å². The lowest BCUT2D eigenvalue weighted by Crippen LogP contribution is -2.29. The van der Waals surface area contributed by atoms with Crippen LogP contribution in [0.5, 0.6) is 0 Å². The number of anilines is 1. The molecule has 18 heavy (non-hydrogen) atoms. The third kappa shape index (κ3) is 2.21. The van der Waals surface area contributed by atoms with Gasteiger partial charge >= 0.3 is 0 Å². The second-order valence-electron chi connectivity index (χ2n) is 4.66. The second-order valence-corrected chi connectivity index (χ2v) is 4.66. The zero-order valence-electron chi connectivity index (χ0n) is 10.4. The Morgan fingerprint density at radius 1 is 0.944 bits per heavy atom. The minimum Gasteiger partial charge on any atom is -0.370 e.